The van der Waals surface area contributed by atoms with Gasteiger partial charge in [-0.25, -0.2) is 0 Å². The SMILES string of the molecule is CO[C@@H]1COC2(CCN(c3ccc(C)nn3)CC2)C1. The van der Waals surface area contributed by atoms with E-state index in [1.54, 1.807) is 7.11 Å². The topological polar surface area (TPSA) is 47.5 Å². The van der Waals surface area contributed by atoms with Crippen LogP contribution in [-0.2, 0) is 9.47 Å². The third-order valence-electron chi connectivity index (χ3n) is 4.29. The van der Waals surface area contributed by atoms with Crippen molar-refractivity contribution in [2.24, 2.45) is 0 Å². The first-order valence-electron chi connectivity index (χ1n) is 6.93. The molecule has 1 aromatic rings. The molecule has 3 rings (SSSR count). The second kappa shape index (κ2) is 5.06. The Morgan fingerprint density at radius 2 is 2.11 bits per heavy atom. The molecule has 2 aliphatic heterocycles. The predicted molar refractivity (Wildman–Crippen MR) is 72.3 cm³/mol. The van der Waals surface area contributed by atoms with Gasteiger partial charge in [0.15, 0.2) is 5.82 Å². The third-order valence-corrected chi connectivity index (χ3v) is 4.29. The molecular weight excluding hydrogens is 242 g/mol. The lowest BCUT2D eigenvalue weighted by Gasteiger charge is -2.38. The van der Waals surface area contributed by atoms with Gasteiger partial charge in [-0.1, -0.05) is 0 Å². The Morgan fingerprint density at radius 3 is 2.68 bits per heavy atom. The van der Waals surface area contributed by atoms with Gasteiger partial charge in [-0.05, 0) is 31.9 Å². The van der Waals surface area contributed by atoms with E-state index in [4.69, 9.17) is 9.47 Å². The lowest BCUT2D eigenvalue weighted by molar-refractivity contribution is -0.0177. The molecule has 0 bridgehead atoms. The molecule has 2 saturated heterocycles. The van der Waals surface area contributed by atoms with Crippen LogP contribution in [0.5, 0.6) is 0 Å². The number of hydrogen-bond donors (Lipinski definition) is 0. The van der Waals surface area contributed by atoms with E-state index in [1.807, 2.05) is 19.1 Å². The molecular formula is C14H21N3O2. The summed E-state index contributed by atoms with van der Waals surface area (Å²) in [5.74, 6) is 0.974. The van der Waals surface area contributed by atoms with E-state index in [-0.39, 0.29) is 11.7 Å². The molecule has 3 heterocycles. The standard InChI is InChI=1S/C14H21N3O2/c1-11-3-4-13(16-15-11)17-7-5-14(6-8-17)9-12(18-2)10-19-14/h3-4,12H,5-10H2,1-2H3/t12-/m0/s1. The van der Waals surface area contributed by atoms with Gasteiger partial charge in [0.05, 0.1) is 24.0 Å². The molecule has 2 aliphatic rings. The highest BCUT2D eigenvalue weighted by Crippen LogP contribution is 2.37. The molecule has 104 valence electrons. The molecule has 2 fully saturated rings. The third kappa shape index (κ3) is 2.58. The fraction of sp³-hybridized carbons (Fsp3) is 0.714. The first-order valence-corrected chi connectivity index (χ1v) is 6.93. The van der Waals surface area contributed by atoms with Crippen molar-refractivity contribution in [1.82, 2.24) is 10.2 Å². The molecule has 1 spiro atoms. The van der Waals surface area contributed by atoms with Gasteiger partial charge >= 0.3 is 0 Å². The molecule has 19 heavy (non-hydrogen) atoms. The number of aromatic nitrogens is 2. The fourth-order valence-electron chi connectivity index (χ4n) is 3.01. The summed E-state index contributed by atoms with van der Waals surface area (Å²) in [5, 5.41) is 8.38. The van der Waals surface area contributed by atoms with E-state index in [0.29, 0.717) is 0 Å². The van der Waals surface area contributed by atoms with Gasteiger partial charge in [0, 0.05) is 26.6 Å². The van der Waals surface area contributed by atoms with E-state index in [1.165, 1.54) is 0 Å². The minimum atomic E-state index is 0.0370. The number of piperidine rings is 1. The van der Waals surface area contributed by atoms with E-state index < -0.39 is 0 Å². The van der Waals surface area contributed by atoms with Gasteiger partial charge in [-0.3, -0.25) is 0 Å². The van der Waals surface area contributed by atoms with Crippen LogP contribution in [0.15, 0.2) is 12.1 Å². The van der Waals surface area contributed by atoms with Crippen LogP contribution in [0.25, 0.3) is 0 Å². The highest BCUT2D eigenvalue weighted by atomic mass is 16.6. The largest absolute Gasteiger partial charge is 0.379 e. The average Bonchev–Trinajstić information content (AvgIpc) is 2.84. The lowest BCUT2D eigenvalue weighted by Crippen LogP contribution is -2.44. The smallest absolute Gasteiger partial charge is 0.151 e. The van der Waals surface area contributed by atoms with Crippen molar-refractivity contribution < 1.29 is 9.47 Å². The predicted octanol–water partition coefficient (Wildman–Crippen LogP) is 1.56. The quantitative estimate of drug-likeness (QED) is 0.810. The maximum absolute atomic E-state index is 6.00. The molecule has 5 nitrogen and oxygen atoms in total. The van der Waals surface area contributed by atoms with Gasteiger partial charge in [0.1, 0.15) is 0 Å². The van der Waals surface area contributed by atoms with Crippen LogP contribution in [0, 0.1) is 6.92 Å². The molecule has 0 amide bonds. The van der Waals surface area contributed by atoms with E-state index >= 15 is 0 Å². The summed E-state index contributed by atoms with van der Waals surface area (Å²) >= 11 is 0. The summed E-state index contributed by atoms with van der Waals surface area (Å²) in [4.78, 5) is 2.29. The Morgan fingerprint density at radius 1 is 1.32 bits per heavy atom. The van der Waals surface area contributed by atoms with E-state index in [9.17, 15) is 0 Å². The van der Waals surface area contributed by atoms with Crippen LogP contribution in [0.1, 0.15) is 25.0 Å². The summed E-state index contributed by atoms with van der Waals surface area (Å²) in [6.07, 6.45) is 3.38. The maximum atomic E-state index is 6.00. The lowest BCUT2D eigenvalue weighted by atomic mass is 9.88. The zero-order valence-corrected chi connectivity index (χ0v) is 11.6. The van der Waals surface area contributed by atoms with Crippen molar-refractivity contribution in [3.05, 3.63) is 17.8 Å². The zero-order valence-electron chi connectivity index (χ0n) is 11.6. The van der Waals surface area contributed by atoms with Gasteiger partial charge in [-0.15, -0.1) is 5.10 Å². The Hall–Kier alpha value is -1.20. The Bertz CT molecular complexity index is 427. The van der Waals surface area contributed by atoms with Crippen molar-refractivity contribution in [2.45, 2.75) is 37.9 Å². The van der Waals surface area contributed by atoms with E-state index in [2.05, 4.69) is 15.1 Å². The highest BCUT2D eigenvalue weighted by molar-refractivity contribution is 5.38. The summed E-state index contributed by atoms with van der Waals surface area (Å²) in [6, 6.07) is 4.06. The second-order valence-electron chi connectivity index (χ2n) is 5.58. The molecule has 0 aliphatic carbocycles. The molecule has 1 atom stereocenters. The normalized spacial score (nSPS) is 26.0. The molecule has 0 radical (unpaired) electrons. The van der Waals surface area contributed by atoms with Crippen molar-refractivity contribution >= 4 is 5.82 Å². The van der Waals surface area contributed by atoms with Crippen LogP contribution in [0.4, 0.5) is 5.82 Å². The summed E-state index contributed by atoms with van der Waals surface area (Å²) < 4.78 is 11.4. The van der Waals surface area contributed by atoms with Crippen molar-refractivity contribution in [2.75, 3.05) is 31.7 Å². The number of aryl methyl sites for hydroxylation is 1. The number of anilines is 1. The van der Waals surface area contributed by atoms with Gasteiger partial charge < -0.3 is 14.4 Å². The Balaban J connectivity index is 1.62. The average molecular weight is 263 g/mol. The Labute approximate surface area is 113 Å². The molecule has 0 aromatic carbocycles. The minimum Gasteiger partial charge on any atom is -0.379 e. The van der Waals surface area contributed by atoms with Crippen LogP contribution >= 0.6 is 0 Å². The van der Waals surface area contributed by atoms with Crippen LogP contribution in [0.3, 0.4) is 0 Å². The van der Waals surface area contributed by atoms with E-state index in [0.717, 1.165) is 50.5 Å². The number of methoxy groups -OCH3 is 1. The van der Waals surface area contributed by atoms with Crippen molar-refractivity contribution in [1.29, 1.82) is 0 Å². The number of hydrogen-bond acceptors (Lipinski definition) is 5. The second-order valence-corrected chi connectivity index (χ2v) is 5.58. The van der Waals surface area contributed by atoms with Gasteiger partial charge in [0.2, 0.25) is 0 Å². The van der Waals surface area contributed by atoms with Gasteiger partial charge in [0.25, 0.3) is 0 Å². The van der Waals surface area contributed by atoms with Crippen LogP contribution < -0.4 is 4.90 Å². The summed E-state index contributed by atoms with van der Waals surface area (Å²) in [7, 11) is 1.77. The van der Waals surface area contributed by atoms with Crippen LogP contribution in [-0.4, -0.2) is 48.7 Å². The zero-order chi connectivity index (χ0) is 13.3. The summed E-state index contributed by atoms with van der Waals surface area (Å²) in [6.45, 7) is 4.66. The summed E-state index contributed by atoms with van der Waals surface area (Å²) in [5.41, 5.74) is 0.995. The Kier molecular flexibility index (Phi) is 3.41. The maximum Gasteiger partial charge on any atom is 0.151 e. The molecule has 1 aromatic heterocycles. The first kappa shape index (κ1) is 12.8. The molecule has 0 saturated carbocycles. The number of ether oxygens (including phenoxy) is 2. The number of rotatable bonds is 2. The first-order chi connectivity index (χ1) is 9.21. The molecule has 0 unspecified atom stereocenters. The minimum absolute atomic E-state index is 0.0370. The molecule has 5 heteroatoms. The van der Waals surface area contributed by atoms with Crippen molar-refractivity contribution in [3.8, 4) is 0 Å². The fourth-order valence-corrected chi connectivity index (χ4v) is 3.01. The monoisotopic (exact) mass is 263 g/mol. The van der Waals surface area contributed by atoms with Crippen molar-refractivity contribution in [3.63, 3.8) is 0 Å². The number of nitrogens with zero attached hydrogens (tertiary/aromatic N) is 3. The van der Waals surface area contributed by atoms with Gasteiger partial charge in [-0.2, -0.15) is 5.10 Å². The highest BCUT2D eigenvalue weighted by Gasteiger charge is 2.43. The van der Waals surface area contributed by atoms with Crippen LogP contribution in [0.2, 0.25) is 0 Å². The molecule has 0 N–H and O–H groups in total.